The lowest BCUT2D eigenvalue weighted by Gasteiger charge is -2.14. The summed E-state index contributed by atoms with van der Waals surface area (Å²) in [7, 11) is 0. The van der Waals surface area contributed by atoms with Crippen LogP contribution in [0.3, 0.4) is 0 Å². The highest BCUT2D eigenvalue weighted by Gasteiger charge is 2.09. The molecule has 0 saturated heterocycles. The van der Waals surface area contributed by atoms with Gasteiger partial charge in [-0.25, -0.2) is 4.39 Å². The zero-order valence-electron chi connectivity index (χ0n) is 11.5. The molecule has 0 fully saturated rings. The largest absolute Gasteiger partial charge is 0.457 e. The second-order valence-electron chi connectivity index (χ2n) is 4.75. The van der Waals surface area contributed by atoms with Crippen LogP contribution in [0.2, 0.25) is 0 Å². The molecule has 0 aliphatic carbocycles. The first-order chi connectivity index (χ1) is 9.01. The smallest absolute Gasteiger partial charge is 0.133 e. The SMILES string of the molecule is Cc1ccc(C)c(Oc2cc(F)cc(CN)c2)c1C. The van der Waals surface area contributed by atoms with Crippen LogP contribution in [0.15, 0.2) is 30.3 Å². The Labute approximate surface area is 113 Å². The highest BCUT2D eigenvalue weighted by Crippen LogP contribution is 2.31. The Bertz CT molecular complexity index is 608. The predicted molar refractivity (Wildman–Crippen MR) is 75.0 cm³/mol. The van der Waals surface area contributed by atoms with Crippen LogP contribution >= 0.6 is 0 Å². The molecule has 0 aliphatic heterocycles. The Kier molecular flexibility index (Phi) is 3.86. The quantitative estimate of drug-likeness (QED) is 0.904. The van der Waals surface area contributed by atoms with Gasteiger partial charge in [0.1, 0.15) is 17.3 Å². The van der Waals surface area contributed by atoms with Gasteiger partial charge in [0, 0.05) is 12.6 Å². The number of nitrogens with two attached hydrogens (primary N) is 1. The van der Waals surface area contributed by atoms with Crippen LogP contribution in [-0.4, -0.2) is 0 Å². The first kappa shape index (κ1) is 13.6. The first-order valence-corrected chi connectivity index (χ1v) is 6.25. The van der Waals surface area contributed by atoms with Gasteiger partial charge >= 0.3 is 0 Å². The molecule has 0 aliphatic rings. The van der Waals surface area contributed by atoms with E-state index in [0.717, 1.165) is 28.0 Å². The van der Waals surface area contributed by atoms with Crippen molar-refractivity contribution in [2.75, 3.05) is 0 Å². The summed E-state index contributed by atoms with van der Waals surface area (Å²) in [5.74, 6) is 0.937. The number of hydrogen-bond donors (Lipinski definition) is 1. The summed E-state index contributed by atoms with van der Waals surface area (Å²) in [6.07, 6.45) is 0. The number of ether oxygens (including phenoxy) is 1. The van der Waals surface area contributed by atoms with Crippen molar-refractivity contribution in [1.82, 2.24) is 0 Å². The first-order valence-electron chi connectivity index (χ1n) is 6.25. The molecule has 2 N–H and O–H groups in total. The van der Waals surface area contributed by atoms with Gasteiger partial charge in [0.2, 0.25) is 0 Å². The molecule has 2 nitrogen and oxygen atoms in total. The summed E-state index contributed by atoms with van der Waals surface area (Å²) in [6.45, 7) is 6.30. The molecule has 0 saturated carbocycles. The van der Waals surface area contributed by atoms with Crippen molar-refractivity contribution in [3.8, 4) is 11.5 Å². The van der Waals surface area contributed by atoms with E-state index in [1.165, 1.54) is 12.1 Å². The third-order valence-electron chi connectivity index (χ3n) is 3.26. The second-order valence-corrected chi connectivity index (χ2v) is 4.75. The third kappa shape index (κ3) is 2.93. The van der Waals surface area contributed by atoms with Gasteiger partial charge in [0.25, 0.3) is 0 Å². The van der Waals surface area contributed by atoms with Crippen LogP contribution in [0.25, 0.3) is 0 Å². The molecule has 2 rings (SSSR count). The van der Waals surface area contributed by atoms with Crippen LogP contribution in [-0.2, 0) is 6.54 Å². The Morgan fingerprint density at radius 2 is 1.74 bits per heavy atom. The zero-order chi connectivity index (χ0) is 14.0. The van der Waals surface area contributed by atoms with Crippen LogP contribution in [0.5, 0.6) is 11.5 Å². The molecule has 0 aromatic heterocycles. The molecule has 2 aromatic rings. The summed E-state index contributed by atoms with van der Waals surface area (Å²) < 4.78 is 19.3. The molecule has 0 atom stereocenters. The second kappa shape index (κ2) is 5.41. The van der Waals surface area contributed by atoms with Crippen LogP contribution in [0.4, 0.5) is 4.39 Å². The van der Waals surface area contributed by atoms with Crippen LogP contribution in [0.1, 0.15) is 22.3 Å². The Balaban J connectivity index is 2.41. The van der Waals surface area contributed by atoms with Crippen molar-refractivity contribution in [2.45, 2.75) is 27.3 Å². The van der Waals surface area contributed by atoms with E-state index in [2.05, 4.69) is 6.07 Å². The van der Waals surface area contributed by atoms with E-state index in [1.807, 2.05) is 26.8 Å². The van der Waals surface area contributed by atoms with E-state index in [4.69, 9.17) is 10.5 Å². The van der Waals surface area contributed by atoms with Crippen molar-refractivity contribution in [2.24, 2.45) is 5.73 Å². The lowest BCUT2D eigenvalue weighted by molar-refractivity contribution is 0.468. The number of halogens is 1. The van der Waals surface area contributed by atoms with Crippen LogP contribution in [0, 0.1) is 26.6 Å². The highest BCUT2D eigenvalue weighted by atomic mass is 19.1. The van der Waals surface area contributed by atoms with Gasteiger partial charge in [-0.1, -0.05) is 12.1 Å². The average molecular weight is 259 g/mol. The number of rotatable bonds is 3. The molecule has 0 spiro atoms. The Morgan fingerprint density at radius 3 is 2.42 bits per heavy atom. The maximum Gasteiger partial charge on any atom is 0.133 e. The van der Waals surface area contributed by atoms with Crippen molar-refractivity contribution in [3.63, 3.8) is 0 Å². The van der Waals surface area contributed by atoms with Crippen molar-refractivity contribution in [1.29, 1.82) is 0 Å². The van der Waals surface area contributed by atoms with Gasteiger partial charge in [0.05, 0.1) is 0 Å². The monoisotopic (exact) mass is 259 g/mol. The van der Waals surface area contributed by atoms with E-state index < -0.39 is 0 Å². The molecular weight excluding hydrogens is 241 g/mol. The minimum atomic E-state index is -0.332. The van der Waals surface area contributed by atoms with E-state index in [1.54, 1.807) is 6.07 Å². The minimum Gasteiger partial charge on any atom is -0.457 e. The molecule has 0 radical (unpaired) electrons. The molecule has 19 heavy (non-hydrogen) atoms. The normalized spacial score (nSPS) is 10.6. The minimum absolute atomic E-state index is 0.292. The zero-order valence-corrected chi connectivity index (χ0v) is 11.5. The van der Waals surface area contributed by atoms with Gasteiger partial charge in [0.15, 0.2) is 0 Å². The molecule has 2 aromatic carbocycles. The lowest BCUT2D eigenvalue weighted by atomic mass is 10.1. The molecular formula is C16H18FNO. The third-order valence-corrected chi connectivity index (χ3v) is 3.26. The standard InChI is InChI=1S/C16H18FNO/c1-10-4-5-11(2)16(12(10)3)19-15-7-13(9-18)6-14(17)8-15/h4-8H,9,18H2,1-3H3. The molecule has 0 unspecified atom stereocenters. The fourth-order valence-corrected chi connectivity index (χ4v) is 2.00. The Hall–Kier alpha value is -1.87. The fraction of sp³-hybridized carbons (Fsp3) is 0.250. The lowest BCUT2D eigenvalue weighted by Crippen LogP contribution is -1.99. The van der Waals surface area contributed by atoms with E-state index >= 15 is 0 Å². The van der Waals surface area contributed by atoms with Gasteiger partial charge < -0.3 is 10.5 Å². The summed E-state index contributed by atoms with van der Waals surface area (Å²) in [4.78, 5) is 0. The van der Waals surface area contributed by atoms with Crippen molar-refractivity contribution < 1.29 is 9.13 Å². The average Bonchev–Trinajstić information content (AvgIpc) is 2.38. The topological polar surface area (TPSA) is 35.2 Å². The Morgan fingerprint density at radius 1 is 1.05 bits per heavy atom. The molecule has 0 amide bonds. The van der Waals surface area contributed by atoms with Gasteiger partial charge in [-0.15, -0.1) is 0 Å². The fourth-order valence-electron chi connectivity index (χ4n) is 2.00. The summed E-state index contributed by atoms with van der Waals surface area (Å²) in [5, 5.41) is 0. The molecule has 100 valence electrons. The van der Waals surface area contributed by atoms with Gasteiger partial charge in [-0.3, -0.25) is 0 Å². The van der Waals surface area contributed by atoms with Crippen LogP contribution < -0.4 is 10.5 Å². The van der Waals surface area contributed by atoms with E-state index in [-0.39, 0.29) is 5.82 Å². The number of hydrogen-bond acceptors (Lipinski definition) is 2. The van der Waals surface area contributed by atoms with Crippen molar-refractivity contribution in [3.05, 3.63) is 58.4 Å². The maximum atomic E-state index is 13.5. The molecule has 3 heteroatoms. The molecule has 0 heterocycles. The summed E-state index contributed by atoms with van der Waals surface area (Å²) >= 11 is 0. The van der Waals surface area contributed by atoms with Gasteiger partial charge in [-0.05, 0) is 55.2 Å². The van der Waals surface area contributed by atoms with Gasteiger partial charge in [-0.2, -0.15) is 0 Å². The van der Waals surface area contributed by atoms with E-state index in [9.17, 15) is 4.39 Å². The highest BCUT2D eigenvalue weighted by molar-refractivity contribution is 5.47. The number of benzene rings is 2. The van der Waals surface area contributed by atoms with E-state index in [0.29, 0.717) is 12.3 Å². The predicted octanol–water partition coefficient (Wildman–Crippen LogP) is 4.00. The molecule has 0 bridgehead atoms. The van der Waals surface area contributed by atoms with Crippen molar-refractivity contribution >= 4 is 0 Å². The summed E-state index contributed by atoms with van der Waals surface area (Å²) in [6, 6.07) is 8.61. The summed E-state index contributed by atoms with van der Waals surface area (Å²) in [5.41, 5.74) is 9.51. The maximum absolute atomic E-state index is 13.5. The number of aryl methyl sites for hydroxylation is 2.